The number of carbonyl (C=O) groups is 1. The number of imidazole rings is 1. The van der Waals surface area contributed by atoms with Crippen molar-refractivity contribution in [3.05, 3.63) is 60.8 Å². The number of aromatic nitrogens is 4. The van der Waals surface area contributed by atoms with E-state index in [2.05, 4.69) is 46.2 Å². The summed E-state index contributed by atoms with van der Waals surface area (Å²) in [6.45, 7) is 6.55. The first-order valence-electron chi connectivity index (χ1n) is 9.67. The minimum atomic E-state index is -0.364. The van der Waals surface area contributed by atoms with Crippen molar-refractivity contribution in [3.8, 4) is 5.69 Å². The van der Waals surface area contributed by atoms with Gasteiger partial charge in [0.25, 0.3) is 0 Å². The van der Waals surface area contributed by atoms with E-state index in [1.807, 2.05) is 29.8 Å². The van der Waals surface area contributed by atoms with Crippen molar-refractivity contribution >= 4 is 17.9 Å². The number of ether oxygens (including phenoxy) is 1. The lowest BCUT2D eigenvalue weighted by atomic mass is 10.0. The summed E-state index contributed by atoms with van der Waals surface area (Å²) in [5, 5.41) is 3.32. The number of rotatable bonds is 6. The minimum Gasteiger partial charge on any atom is -0.447 e. The van der Waals surface area contributed by atoms with Crippen molar-refractivity contribution in [1.82, 2.24) is 19.5 Å². The summed E-state index contributed by atoms with van der Waals surface area (Å²) in [6, 6.07) is 9.90. The predicted octanol–water partition coefficient (Wildman–Crippen LogP) is 3.82. The average molecular weight is 392 g/mol. The monoisotopic (exact) mass is 392 g/mol. The Kier molecular flexibility index (Phi) is 5.16. The maximum atomic E-state index is 12.2. The lowest BCUT2D eigenvalue weighted by molar-refractivity contribution is 0.177. The van der Waals surface area contributed by atoms with Crippen molar-refractivity contribution in [2.75, 3.05) is 16.8 Å². The van der Waals surface area contributed by atoms with Crippen LogP contribution in [0.1, 0.15) is 32.4 Å². The van der Waals surface area contributed by atoms with Crippen molar-refractivity contribution < 1.29 is 9.53 Å². The summed E-state index contributed by atoms with van der Waals surface area (Å²) in [6.07, 6.45) is 6.72. The molecule has 150 valence electrons. The van der Waals surface area contributed by atoms with Crippen LogP contribution in [0.5, 0.6) is 0 Å². The molecular formula is C21H24N6O2. The third-order valence-corrected chi connectivity index (χ3v) is 5.10. The second-order valence-corrected chi connectivity index (χ2v) is 7.42. The molecular weight excluding hydrogens is 368 g/mol. The number of hydrogen-bond donors (Lipinski definition) is 1. The highest BCUT2D eigenvalue weighted by molar-refractivity contribution is 5.89. The van der Waals surface area contributed by atoms with Gasteiger partial charge in [0.2, 0.25) is 5.95 Å². The number of amides is 1. The van der Waals surface area contributed by atoms with E-state index in [9.17, 15) is 4.79 Å². The van der Waals surface area contributed by atoms with E-state index in [-0.39, 0.29) is 24.1 Å². The number of hydrogen-bond acceptors (Lipinski definition) is 6. The highest BCUT2D eigenvalue weighted by atomic mass is 16.6. The lowest BCUT2D eigenvalue weighted by Crippen LogP contribution is -2.37. The van der Waals surface area contributed by atoms with E-state index in [0.717, 1.165) is 11.3 Å². The molecule has 8 heteroatoms. The van der Waals surface area contributed by atoms with E-state index in [1.165, 1.54) is 0 Å². The molecule has 0 radical (unpaired) electrons. The average Bonchev–Trinajstić information content (AvgIpc) is 3.38. The Morgan fingerprint density at radius 1 is 1.14 bits per heavy atom. The molecule has 4 rings (SSSR count). The molecule has 1 saturated heterocycles. The molecule has 1 amide bonds. The summed E-state index contributed by atoms with van der Waals surface area (Å²) in [7, 11) is 0. The minimum absolute atomic E-state index is 0.00601. The number of cyclic esters (lactones) is 1. The Hall–Kier alpha value is -3.42. The molecule has 3 heterocycles. The van der Waals surface area contributed by atoms with Gasteiger partial charge in [0.05, 0.1) is 18.4 Å². The maximum absolute atomic E-state index is 12.2. The Bertz CT molecular complexity index is 971. The van der Waals surface area contributed by atoms with Gasteiger partial charge in [-0.3, -0.25) is 4.90 Å². The first kappa shape index (κ1) is 18.9. The molecule has 2 atom stereocenters. The highest BCUT2D eigenvalue weighted by Crippen LogP contribution is 2.26. The standard InChI is InChI=1S/C21H24N6O2/c1-14(2)18-12-29-21(28)27(18)19-8-9-23-20(25-19)24-15(3)16-4-6-17(7-5-16)26-11-10-22-13-26/h4-11,13-15,18H,12H2,1-3H3,(H,23,24,25)/t15-,18?/m0/s1. The van der Waals surface area contributed by atoms with Gasteiger partial charge in [-0.1, -0.05) is 26.0 Å². The van der Waals surface area contributed by atoms with Crippen LogP contribution in [0.2, 0.25) is 0 Å². The normalized spacial score (nSPS) is 17.4. The molecule has 1 aliphatic rings. The smallest absolute Gasteiger partial charge is 0.415 e. The summed E-state index contributed by atoms with van der Waals surface area (Å²) in [5.74, 6) is 1.28. The Balaban J connectivity index is 1.50. The molecule has 1 aromatic carbocycles. The molecule has 0 spiro atoms. The number of benzene rings is 1. The third kappa shape index (κ3) is 3.91. The van der Waals surface area contributed by atoms with E-state index < -0.39 is 0 Å². The highest BCUT2D eigenvalue weighted by Gasteiger charge is 2.37. The van der Waals surface area contributed by atoms with E-state index in [1.54, 1.807) is 29.7 Å². The fourth-order valence-corrected chi connectivity index (χ4v) is 3.37. The van der Waals surface area contributed by atoms with Crippen LogP contribution in [0.25, 0.3) is 5.69 Å². The topological polar surface area (TPSA) is 85.2 Å². The van der Waals surface area contributed by atoms with Crippen molar-refractivity contribution in [3.63, 3.8) is 0 Å². The summed E-state index contributed by atoms with van der Waals surface area (Å²) < 4.78 is 7.18. The van der Waals surface area contributed by atoms with E-state index in [0.29, 0.717) is 18.4 Å². The van der Waals surface area contributed by atoms with Crippen LogP contribution >= 0.6 is 0 Å². The SMILES string of the molecule is CC(C)C1COC(=O)N1c1ccnc(N[C@@H](C)c2ccc(-n3ccnc3)cc2)n1. The second-order valence-electron chi connectivity index (χ2n) is 7.42. The van der Waals surface area contributed by atoms with Gasteiger partial charge in [0, 0.05) is 24.3 Å². The van der Waals surface area contributed by atoms with Crippen molar-refractivity contribution in [2.45, 2.75) is 32.9 Å². The number of carbonyl (C=O) groups excluding carboxylic acids is 1. The molecule has 0 bridgehead atoms. The van der Waals surface area contributed by atoms with Crippen LogP contribution in [-0.2, 0) is 4.74 Å². The first-order chi connectivity index (χ1) is 14.0. The maximum Gasteiger partial charge on any atom is 0.415 e. The molecule has 0 saturated carbocycles. The summed E-state index contributed by atoms with van der Waals surface area (Å²) >= 11 is 0. The summed E-state index contributed by atoms with van der Waals surface area (Å²) in [5.41, 5.74) is 2.15. The molecule has 8 nitrogen and oxygen atoms in total. The van der Waals surface area contributed by atoms with Gasteiger partial charge in [-0.25, -0.2) is 14.8 Å². The molecule has 29 heavy (non-hydrogen) atoms. The van der Waals surface area contributed by atoms with Crippen LogP contribution in [0, 0.1) is 5.92 Å². The van der Waals surface area contributed by atoms with Crippen LogP contribution in [0.4, 0.5) is 16.6 Å². The Labute approximate surface area is 169 Å². The zero-order chi connectivity index (χ0) is 20.4. The molecule has 2 aromatic heterocycles. The lowest BCUT2D eigenvalue weighted by Gasteiger charge is -2.23. The number of anilines is 2. The summed E-state index contributed by atoms with van der Waals surface area (Å²) in [4.78, 5) is 26.7. The zero-order valence-electron chi connectivity index (χ0n) is 16.7. The van der Waals surface area contributed by atoms with Gasteiger partial charge in [-0.15, -0.1) is 0 Å². The fourth-order valence-electron chi connectivity index (χ4n) is 3.37. The second kappa shape index (κ2) is 7.90. The number of nitrogens with one attached hydrogen (secondary N) is 1. The van der Waals surface area contributed by atoms with Crippen molar-refractivity contribution in [2.24, 2.45) is 5.92 Å². The van der Waals surface area contributed by atoms with Gasteiger partial charge >= 0.3 is 6.09 Å². The van der Waals surface area contributed by atoms with Gasteiger partial charge in [0.1, 0.15) is 12.4 Å². The first-order valence-corrected chi connectivity index (χ1v) is 9.67. The van der Waals surface area contributed by atoms with Crippen LogP contribution in [0.15, 0.2) is 55.2 Å². The molecule has 1 aliphatic heterocycles. The van der Waals surface area contributed by atoms with E-state index >= 15 is 0 Å². The van der Waals surface area contributed by atoms with Crippen LogP contribution in [0.3, 0.4) is 0 Å². The van der Waals surface area contributed by atoms with Crippen molar-refractivity contribution in [1.29, 1.82) is 0 Å². The van der Waals surface area contributed by atoms with Gasteiger partial charge < -0.3 is 14.6 Å². The fraction of sp³-hybridized carbons (Fsp3) is 0.333. The molecule has 1 fully saturated rings. The Morgan fingerprint density at radius 2 is 1.93 bits per heavy atom. The predicted molar refractivity (Wildman–Crippen MR) is 110 cm³/mol. The quantitative estimate of drug-likeness (QED) is 0.686. The zero-order valence-corrected chi connectivity index (χ0v) is 16.7. The number of nitrogens with zero attached hydrogens (tertiary/aromatic N) is 5. The van der Waals surface area contributed by atoms with Gasteiger partial charge in [-0.05, 0) is 36.6 Å². The molecule has 1 N–H and O–H groups in total. The van der Waals surface area contributed by atoms with Gasteiger partial charge in [0.15, 0.2) is 0 Å². The molecule has 3 aromatic rings. The third-order valence-electron chi connectivity index (χ3n) is 5.10. The largest absolute Gasteiger partial charge is 0.447 e. The van der Waals surface area contributed by atoms with E-state index in [4.69, 9.17) is 4.74 Å². The Morgan fingerprint density at radius 3 is 2.62 bits per heavy atom. The van der Waals surface area contributed by atoms with Crippen LogP contribution in [-0.4, -0.2) is 38.3 Å². The molecule has 0 aliphatic carbocycles. The van der Waals surface area contributed by atoms with Crippen LogP contribution < -0.4 is 10.2 Å². The molecule has 1 unspecified atom stereocenters. The van der Waals surface area contributed by atoms with Gasteiger partial charge in [-0.2, -0.15) is 4.98 Å².